The van der Waals surface area contributed by atoms with Crippen molar-refractivity contribution < 1.29 is 21.6 Å². The molecule has 0 atom stereocenters. The lowest BCUT2D eigenvalue weighted by Crippen LogP contribution is -2.24. The third-order valence-corrected chi connectivity index (χ3v) is 7.23. The monoisotopic (exact) mass is 464 g/mol. The van der Waals surface area contributed by atoms with Crippen molar-refractivity contribution in [1.29, 1.82) is 5.26 Å². The van der Waals surface area contributed by atoms with Crippen LogP contribution in [-0.2, 0) is 20.0 Å². The maximum Gasteiger partial charge on any atom is 0.255 e. The lowest BCUT2D eigenvalue weighted by molar-refractivity contribution is 0.102. The molecule has 0 fully saturated rings. The Morgan fingerprint density at radius 1 is 1.03 bits per heavy atom. The van der Waals surface area contributed by atoms with E-state index in [2.05, 4.69) is 14.8 Å². The van der Waals surface area contributed by atoms with Gasteiger partial charge in [-0.3, -0.25) is 9.52 Å². The number of nitrogens with zero attached hydrogens (tertiary/aromatic N) is 1. The van der Waals surface area contributed by atoms with E-state index in [0.29, 0.717) is 23.4 Å². The molecular formula is C20H24N4O5S2. The summed E-state index contributed by atoms with van der Waals surface area (Å²) in [6.07, 6.45) is 0.525. The number of carbonyl (C=O) groups excluding carboxylic acids is 1. The van der Waals surface area contributed by atoms with E-state index in [1.165, 1.54) is 24.3 Å². The fourth-order valence-electron chi connectivity index (χ4n) is 2.67. The first-order chi connectivity index (χ1) is 14.6. The first-order valence-electron chi connectivity index (χ1n) is 9.48. The molecule has 0 aliphatic rings. The van der Waals surface area contributed by atoms with Crippen molar-refractivity contribution in [2.24, 2.45) is 0 Å². The van der Waals surface area contributed by atoms with Crippen molar-refractivity contribution in [2.75, 3.05) is 22.3 Å². The summed E-state index contributed by atoms with van der Waals surface area (Å²) >= 11 is 0. The summed E-state index contributed by atoms with van der Waals surface area (Å²) < 4.78 is 53.2. The molecule has 0 spiro atoms. The fraction of sp³-hybridized carbons (Fsp3) is 0.300. The molecule has 0 saturated heterocycles. The zero-order chi connectivity index (χ0) is 23.1. The molecule has 11 heteroatoms. The molecular weight excluding hydrogens is 440 g/mol. The number of nitriles is 1. The van der Waals surface area contributed by atoms with E-state index in [1.807, 2.05) is 6.07 Å². The second kappa shape index (κ2) is 10.4. The highest BCUT2D eigenvalue weighted by molar-refractivity contribution is 7.92. The van der Waals surface area contributed by atoms with E-state index in [-0.39, 0.29) is 29.2 Å². The second-order valence-electron chi connectivity index (χ2n) is 6.68. The van der Waals surface area contributed by atoms with Gasteiger partial charge in [0.05, 0.1) is 22.4 Å². The minimum absolute atomic E-state index is 0.00129. The second-order valence-corrected chi connectivity index (χ2v) is 10.3. The van der Waals surface area contributed by atoms with Crippen LogP contribution < -0.4 is 14.8 Å². The average molecular weight is 465 g/mol. The Hall–Kier alpha value is -2.94. The van der Waals surface area contributed by atoms with Crippen LogP contribution in [0.5, 0.6) is 0 Å². The number of hydrogen-bond donors (Lipinski definition) is 3. The van der Waals surface area contributed by atoms with E-state index in [1.54, 1.807) is 32.0 Å². The summed E-state index contributed by atoms with van der Waals surface area (Å²) in [5.74, 6) is -0.484. The van der Waals surface area contributed by atoms with Gasteiger partial charge in [-0.25, -0.2) is 21.6 Å². The molecule has 31 heavy (non-hydrogen) atoms. The molecule has 0 saturated carbocycles. The SMILES string of the molecule is CCCS(=O)(=O)Nc1cccc(NC(=O)c2ccc(S(=O)(=O)NCCC#N)cc2)c1C. The zero-order valence-corrected chi connectivity index (χ0v) is 18.8. The summed E-state index contributed by atoms with van der Waals surface area (Å²) in [5, 5.41) is 11.2. The van der Waals surface area contributed by atoms with Crippen LogP contribution in [0.25, 0.3) is 0 Å². The number of hydrogen-bond acceptors (Lipinski definition) is 6. The van der Waals surface area contributed by atoms with Gasteiger partial charge in [0.15, 0.2) is 0 Å². The Balaban J connectivity index is 2.15. The Kier molecular flexibility index (Phi) is 8.15. The largest absolute Gasteiger partial charge is 0.322 e. The van der Waals surface area contributed by atoms with Gasteiger partial charge >= 0.3 is 0 Å². The van der Waals surface area contributed by atoms with Gasteiger partial charge in [-0.05, 0) is 55.3 Å². The van der Waals surface area contributed by atoms with E-state index in [4.69, 9.17) is 5.26 Å². The summed E-state index contributed by atoms with van der Waals surface area (Å²) in [6, 6.07) is 12.1. The van der Waals surface area contributed by atoms with Crippen LogP contribution in [0.1, 0.15) is 35.7 Å². The highest BCUT2D eigenvalue weighted by atomic mass is 32.2. The molecule has 0 aromatic heterocycles. The number of sulfonamides is 2. The van der Waals surface area contributed by atoms with Gasteiger partial charge < -0.3 is 5.32 Å². The molecule has 166 valence electrons. The van der Waals surface area contributed by atoms with E-state index in [9.17, 15) is 21.6 Å². The van der Waals surface area contributed by atoms with Gasteiger partial charge in [0.1, 0.15) is 0 Å². The smallest absolute Gasteiger partial charge is 0.255 e. The Bertz CT molecular complexity index is 1190. The topological polar surface area (TPSA) is 145 Å². The molecule has 0 aliphatic carbocycles. The maximum atomic E-state index is 12.6. The van der Waals surface area contributed by atoms with Gasteiger partial charge in [0.2, 0.25) is 20.0 Å². The first-order valence-corrected chi connectivity index (χ1v) is 12.6. The van der Waals surface area contributed by atoms with Gasteiger partial charge in [0, 0.05) is 24.2 Å². The van der Waals surface area contributed by atoms with Crippen molar-refractivity contribution in [3.05, 3.63) is 53.6 Å². The van der Waals surface area contributed by atoms with E-state index in [0.717, 1.165) is 0 Å². The summed E-state index contributed by atoms with van der Waals surface area (Å²) in [7, 11) is -7.24. The van der Waals surface area contributed by atoms with Crippen molar-refractivity contribution in [2.45, 2.75) is 31.6 Å². The normalized spacial score (nSPS) is 11.5. The van der Waals surface area contributed by atoms with Crippen molar-refractivity contribution in [3.8, 4) is 6.07 Å². The fourth-order valence-corrected chi connectivity index (χ4v) is 4.90. The van der Waals surface area contributed by atoms with Crippen LogP contribution in [0.4, 0.5) is 11.4 Å². The van der Waals surface area contributed by atoms with Gasteiger partial charge in [-0.1, -0.05) is 13.0 Å². The van der Waals surface area contributed by atoms with Gasteiger partial charge in [-0.2, -0.15) is 5.26 Å². The number of rotatable bonds is 10. The Morgan fingerprint density at radius 3 is 2.29 bits per heavy atom. The Morgan fingerprint density at radius 2 is 1.68 bits per heavy atom. The number of carbonyl (C=O) groups is 1. The Labute approximate surface area is 182 Å². The minimum Gasteiger partial charge on any atom is -0.322 e. The van der Waals surface area contributed by atoms with Crippen LogP contribution in [0.2, 0.25) is 0 Å². The lowest BCUT2D eigenvalue weighted by atomic mass is 10.1. The predicted octanol–water partition coefficient (Wildman–Crippen LogP) is 2.59. The highest BCUT2D eigenvalue weighted by Gasteiger charge is 2.16. The third-order valence-electron chi connectivity index (χ3n) is 4.28. The molecule has 0 radical (unpaired) electrons. The van der Waals surface area contributed by atoms with Crippen molar-refractivity contribution >= 4 is 37.3 Å². The molecule has 2 rings (SSSR count). The summed E-state index contributed by atoms with van der Waals surface area (Å²) in [4.78, 5) is 12.6. The quantitative estimate of drug-likeness (QED) is 0.461. The van der Waals surface area contributed by atoms with Gasteiger partial charge in [-0.15, -0.1) is 0 Å². The number of anilines is 2. The summed E-state index contributed by atoms with van der Waals surface area (Å²) in [6.45, 7) is 3.45. The molecule has 9 nitrogen and oxygen atoms in total. The molecule has 1 amide bonds. The van der Waals surface area contributed by atoms with Crippen molar-refractivity contribution in [1.82, 2.24) is 4.72 Å². The zero-order valence-electron chi connectivity index (χ0n) is 17.2. The van der Waals surface area contributed by atoms with Crippen LogP contribution in [0, 0.1) is 18.3 Å². The highest BCUT2D eigenvalue weighted by Crippen LogP contribution is 2.25. The van der Waals surface area contributed by atoms with Crippen LogP contribution >= 0.6 is 0 Å². The van der Waals surface area contributed by atoms with E-state index >= 15 is 0 Å². The van der Waals surface area contributed by atoms with Crippen LogP contribution in [0.3, 0.4) is 0 Å². The summed E-state index contributed by atoms with van der Waals surface area (Å²) in [5.41, 5.74) is 1.58. The molecule has 2 aromatic rings. The van der Waals surface area contributed by atoms with Crippen molar-refractivity contribution in [3.63, 3.8) is 0 Å². The predicted molar refractivity (Wildman–Crippen MR) is 119 cm³/mol. The number of amides is 1. The van der Waals surface area contributed by atoms with Gasteiger partial charge in [0.25, 0.3) is 5.91 Å². The third kappa shape index (κ3) is 6.78. The van der Waals surface area contributed by atoms with Crippen LogP contribution in [-0.4, -0.2) is 35.0 Å². The molecule has 0 bridgehead atoms. The van der Waals surface area contributed by atoms with E-state index < -0.39 is 26.0 Å². The number of benzene rings is 2. The molecule has 0 aliphatic heterocycles. The number of nitrogens with one attached hydrogen (secondary N) is 3. The first kappa shape index (κ1) is 24.3. The average Bonchev–Trinajstić information content (AvgIpc) is 2.71. The maximum absolute atomic E-state index is 12.6. The molecule has 0 unspecified atom stereocenters. The minimum atomic E-state index is -3.77. The molecule has 3 N–H and O–H groups in total. The standard InChI is InChI=1S/C20H24N4O5S2/c1-3-14-30(26,27)24-19-7-4-6-18(15(19)2)23-20(25)16-8-10-17(11-9-16)31(28,29)22-13-5-12-21/h4,6-11,22,24H,3,5,13-14H2,1-2H3,(H,23,25). The lowest BCUT2D eigenvalue weighted by Gasteiger charge is -2.14. The molecule has 0 heterocycles. The molecule has 2 aromatic carbocycles. The van der Waals surface area contributed by atoms with Crippen LogP contribution in [0.15, 0.2) is 47.4 Å².